The zero-order chi connectivity index (χ0) is 16.8. The molecule has 1 aliphatic rings. The number of hydrogen-bond acceptors (Lipinski definition) is 4. The maximum Gasteiger partial charge on any atom is 0.225 e. The summed E-state index contributed by atoms with van der Waals surface area (Å²) < 4.78 is 0. The van der Waals surface area contributed by atoms with Crippen LogP contribution >= 0.6 is 0 Å². The first kappa shape index (κ1) is 16.2. The molecular weight excluding hydrogens is 300 g/mol. The number of guanidine groups is 1. The van der Waals surface area contributed by atoms with Gasteiger partial charge < -0.3 is 16.0 Å². The minimum Gasteiger partial charge on any atom is -0.370 e. The number of rotatable bonds is 4. The van der Waals surface area contributed by atoms with Gasteiger partial charge in [-0.3, -0.25) is 4.99 Å². The topological polar surface area (TPSA) is 79.4 Å². The predicted molar refractivity (Wildman–Crippen MR) is 98.3 cm³/mol. The van der Waals surface area contributed by atoms with E-state index in [0.29, 0.717) is 18.4 Å². The van der Waals surface area contributed by atoms with Crippen molar-refractivity contribution in [2.24, 2.45) is 16.6 Å². The normalized spacial score (nSPS) is 18.5. The quantitative estimate of drug-likeness (QED) is 0.667. The number of nitrogens with two attached hydrogens (primary N) is 1. The lowest BCUT2D eigenvalue weighted by Crippen LogP contribution is -2.38. The Labute approximate surface area is 142 Å². The minimum absolute atomic E-state index is 0.466. The highest BCUT2D eigenvalue weighted by Crippen LogP contribution is 2.20. The van der Waals surface area contributed by atoms with E-state index < -0.39 is 0 Å². The van der Waals surface area contributed by atoms with Gasteiger partial charge in [0, 0.05) is 37.7 Å². The molecule has 2 aromatic rings. The summed E-state index contributed by atoms with van der Waals surface area (Å²) in [4.78, 5) is 15.4. The zero-order valence-electron chi connectivity index (χ0n) is 14.0. The van der Waals surface area contributed by atoms with E-state index in [0.717, 1.165) is 37.6 Å². The predicted octanol–water partition coefficient (Wildman–Crippen LogP) is 2.43. The van der Waals surface area contributed by atoms with E-state index in [4.69, 9.17) is 5.73 Å². The highest BCUT2D eigenvalue weighted by atomic mass is 15.3. The van der Waals surface area contributed by atoms with Crippen molar-refractivity contribution in [1.29, 1.82) is 0 Å². The van der Waals surface area contributed by atoms with Crippen LogP contribution in [-0.2, 0) is 0 Å². The van der Waals surface area contributed by atoms with Gasteiger partial charge in [-0.25, -0.2) is 9.97 Å². The average Bonchev–Trinajstić information content (AvgIpc) is 2.61. The lowest BCUT2D eigenvalue weighted by Gasteiger charge is -2.31. The highest BCUT2D eigenvalue weighted by Gasteiger charge is 2.21. The van der Waals surface area contributed by atoms with Crippen molar-refractivity contribution in [1.82, 2.24) is 9.97 Å². The fourth-order valence-corrected chi connectivity index (χ4v) is 2.99. The van der Waals surface area contributed by atoms with Crippen molar-refractivity contribution >= 4 is 17.6 Å². The highest BCUT2D eigenvalue weighted by molar-refractivity contribution is 5.92. The first-order valence-electron chi connectivity index (χ1n) is 8.36. The lowest BCUT2D eigenvalue weighted by molar-refractivity contribution is 0.420. The standard InChI is InChI=1S/C18H24N6/c1-14-5-2-7-16(11-14)23-17(19)22-12-15-6-3-10-24(13-15)18-20-8-4-9-21-18/h2,4-5,7-9,11,15H,3,6,10,12-13H2,1H3,(H3,19,22,23). The molecule has 1 fully saturated rings. The van der Waals surface area contributed by atoms with Crippen LogP contribution in [0.25, 0.3) is 0 Å². The molecule has 1 saturated heterocycles. The molecule has 1 aromatic carbocycles. The molecule has 2 heterocycles. The summed E-state index contributed by atoms with van der Waals surface area (Å²) in [6, 6.07) is 9.94. The third-order valence-corrected chi connectivity index (χ3v) is 4.16. The molecule has 126 valence electrons. The lowest BCUT2D eigenvalue weighted by atomic mass is 9.98. The SMILES string of the molecule is Cc1cccc(NC(N)=NCC2CCCN(c3ncccn3)C2)c1. The van der Waals surface area contributed by atoms with Gasteiger partial charge in [-0.15, -0.1) is 0 Å². The molecule has 0 saturated carbocycles. The Hall–Kier alpha value is -2.63. The molecular formula is C18H24N6. The molecule has 0 spiro atoms. The third kappa shape index (κ3) is 4.44. The van der Waals surface area contributed by atoms with Crippen LogP contribution in [0, 0.1) is 12.8 Å². The molecule has 0 amide bonds. The van der Waals surface area contributed by atoms with Crippen molar-refractivity contribution in [2.45, 2.75) is 19.8 Å². The largest absolute Gasteiger partial charge is 0.370 e. The zero-order valence-corrected chi connectivity index (χ0v) is 14.0. The molecule has 3 N–H and O–H groups in total. The maximum atomic E-state index is 6.02. The van der Waals surface area contributed by atoms with E-state index in [1.807, 2.05) is 18.2 Å². The van der Waals surface area contributed by atoms with E-state index in [2.05, 4.69) is 44.2 Å². The van der Waals surface area contributed by atoms with Gasteiger partial charge in [0.25, 0.3) is 0 Å². The second-order valence-corrected chi connectivity index (χ2v) is 6.22. The first-order chi connectivity index (χ1) is 11.7. The summed E-state index contributed by atoms with van der Waals surface area (Å²) in [5.41, 5.74) is 8.18. The van der Waals surface area contributed by atoms with Crippen LogP contribution in [0.1, 0.15) is 18.4 Å². The van der Waals surface area contributed by atoms with Crippen LogP contribution < -0.4 is 16.0 Å². The molecule has 6 heteroatoms. The summed E-state index contributed by atoms with van der Waals surface area (Å²) in [7, 11) is 0. The molecule has 1 unspecified atom stereocenters. The number of aryl methyl sites for hydroxylation is 1. The number of aliphatic imine (C=N–C) groups is 1. The van der Waals surface area contributed by atoms with Crippen molar-refractivity contribution in [2.75, 3.05) is 29.9 Å². The molecule has 0 bridgehead atoms. The van der Waals surface area contributed by atoms with Gasteiger partial charge in [0.05, 0.1) is 0 Å². The van der Waals surface area contributed by atoms with Crippen LogP contribution in [0.3, 0.4) is 0 Å². The van der Waals surface area contributed by atoms with Gasteiger partial charge in [0.15, 0.2) is 5.96 Å². The van der Waals surface area contributed by atoms with E-state index in [9.17, 15) is 0 Å². The third-order valence-electron chi connectivity index (χ3n) is 4.16. The Balaban J connectivity index is 1.55. The second-order valence-electron chi connectivity index (χ2n) is 6.22. The Bertz CT molecular complexity index is 685. The minimum atomic E-state index is 0.466. The molecule has 1 atom stereocenters. The number of nitrogens with zero attached hydrogens (tertiary/aromatic N) is 4. The monoisotopic (exact) mass is 324 g/mol. The molecule has 6 nitrogen and oxygen atoms in total. The molecule has 0 aliphatic carbocycles. The number of aromatic nitrogens is 2. The number of hydrogen-bond donors (Lipinski definition) is 2. The van der Waals surface area contributed by atoms with Gasteiger partial charge in [0.2, 0.25) is 5.95 Å². The van der Waals surface area contributed by atoms with E-state index in [1.165, 1.54) is 5.56 Å². The summed E-state index contributed by atoms with van der Waals surface area (Å²) in [6.07, 6.45) is 5.86. The first-order valence-corrected chi connectivity index (χ1v) is 8.36. The molecule has 0 radical (unpaired) electrons. The number of piperidine rings is 1. The van der Waals surface area contributed by atoms with E-state index in [-0.39, 0.29) is 0 Å². The summed E-state index contributed by atoms with van der Waals surface area (Å²) in [5, 5.41) is 3.15. The smallest absolute Gasteiger partial charge is 0.225 e. The number of nitrogens with one attached hydrogen (secondary N) is 1. The second kappa shape index (κ2) is 7.77. The Morgan fingerprint density at radius 2 is 2.17 bits per heavy atom. The summed E-state index contributed by atoms with van der Waals surface area (Å²) >= 11 is 0. The average molecular weight is 324 g/mol. The Kier molecular flexibility index (Phi) is 5.25. The Morgan fingerprint density at radius 3 is 2.96 bits per heavy atom. The van der Waals surface area contributed by atoms with Gasteiger partial charge >= 0.3 is 0 Å². The fraction of sp³-hybridized carbons (Fsp3) is 0.389. The van der Waals surface area contributed by atoms with Gasteiger partial charge in [-0.05, 0) is 49.4 Å². The van der Waals surface area contributed by atoms with Crippen LogP contribution in [0.15, 0.2) is 47.7 Å². The van der Waals surface area contributed by atoms with Crippen LogP contribution in [0.5, 0.6) is 0 Å². The molecule has 1 aromatic heterocycles. The fourth-order valence-electron chi connectivity index (χ4n) is 2.99. The summed E-state index contributed by atoms with van der Waals surface area (Å²) in [5.74, 6) is 1.74. The maximum absolute atomic E-state index is 6.02. The molecule has 1 aliphatic heterocycles. The van der Waals surface area contributed by atoms with Crippen molar-refractivity contribution < 1.29 is 0 Å². The number of benzene rings is 1. The van der Waals surface area contributed by atoms with Crippen molar-refractivity contribution in [3.8, 4) is 0 Å². The van der Waals surface area contributed by atoms with E-state index >= 15 is 0 Å². The van der Waals surface area contributed by atoms with Gasteiger partial charge in [0.1, 0.15) is 0 Å². The van der Waals surface area contributed by atoms with Crippen molar-refractivity contribution in [3.05, 3.63) is 48.3 Å². The molecule has 3 rings (SSSR count). The van der Waals surface area contributed by atoms with Crippen LogP contribution in [-0.4, -0.2) is 35.6 Å². The van der Waals surface area contributed by atoms with Gasteiger partial charge in [-0.2, -0.15) is 0 Å². The Morgan fingerprint density at radius 1 is 1.33 bits per heavy atom. The van der Waals surface area contributed by atoms with E-state index in [1.54, 1.807) is 12.4 Å². The molecule has 24 heavy (non-hydrogen) atoms. The van der Waals surface area contributed by atoms with Crippen molar-refractivity contribution in [3.63, 3.8) is 0 Å². The van der Waals surface area contributed by atoms with Crippen LogP contribution in [0.4, 0.5) is 11.6 Å². The van der Waals surface area contributed by atoms with Crippen LogP contribution in [0.2, 0.25) is 0 Å². The van der Waals surface area contributed by atoms with Gasteiger partial charge in [-0.1, -0.05) is 12.1 Å². The number of anilines is 2. The summed E-state index contributed by atoms with van der Waals surface area (Å²) in [6.45, 7) is 4.70.